The second-order valence-corrected chi connectivity index (χ2v) is 12.4. The highest BCUT2D eigenvalue weighted by Gasteiger charge is 2.49. The van der Waals surface area contributed by atoms with Gasteiger partial charge in [-0.3, -0.25) is 0 Å². The Bertz CT molecular complexity index is 1120. The second kappa shape index (κ2) is 23.2. The zero-order chi connectivity index (χ0) is 33.7. The summed E-state index contributed by atoms with van der Waals surface area (Å²) < 4.78 is 45.3. The molecule has 2 aromatic rings. The first-order chi connectivity index (χ1) is 23.1. The molecule has 0 unspecified atom stereocenters. The number of ether oxygens (including phenoxy) is 7. The first kappa shape index (κ1) is 39.2. The maximum Gasteiger partial charge on any atom is 0.122 e. The molecule has 1 aliphatic rings. The van der Waals surface area contributed by atoms with Crippen LogP contribution in [0.1, 0.15) is 107 Å². The van der Waals surface area contributed by atoms with Crippen LogP contribution < -0.4 is 4.74 Å². The Morgan fingerprint density at radius 3 is 2.02 bits per heavy atom. The van der Waals surface area contributed by atoms with Crippen molar-refractivity contribution in [2.24, 2.45) is 0 Å². The quantitative estimate of drug-likeness (QED) is 0.0783. The molecule has 1 fully saturated rings. The molecule has 0 amide bonds. The van der Waals surface area contributed by atoms with E-state index in [1.807, 2.05) is 12.1 Å². The van der Waals surface area contributed by atoms with Crippen LogP contribution in [0, 0.1) is 0 Å². The summed E-state index contributed by atoms with van der Waals surface area (Å²) in [5.74, 6) is 0.878. The molecular formula is C40H62O7. The molecule has 264 valence electrons. The standard InChI is InChI=1S/C40H62O7/c1-7-12-23-43-30-36-38(44-24-13-8-2)40(46-26-15-10-4)39(45-25-14-9-3)37(47-36)34-28-31(20-21-33(34)29-42-22-11-5)27-32-18-16-17-19-35(32)41-6/h11,16-21,28,36-40H,5,7-10,12-15,22-27,29-30H2,1-4,6H3/t36-,37+,38-,39+,40+/m1/s1. The number of benzene rings is 2. The maximum absolute atomic E-state index is 7.12. The van der Waals surface area contributed by atoms with Crippen LogP contribution in [0.4, 0.5) is 0 Å². The van der Waals surface area contributed by atoms with Crippen LogP contribution in [-0.4, -0.2) is 71.2 Å². The van der Waals surface area contributed by atoms with E-state index in [9.17, 15) is 0 Å². The Morgan fingerprint density at radius 1 is 0.723 bits per heavy atom. The lowest BCUT2D eigenvalue weighted by atomic mass is 9.87. The topological polar surface area (TPSA) is 64.6 Å². The normalized spacial score (nSPS) is 21.2. The minimum absolute atomic E-state index is 0.305. The third-order valence-electron chi connectivity index (χ3n) is 8.58. The number of unbranched alkanes of at least 4 members (excludes halogenated alkanes) is 4. The average molecular weight is 655 g/mol. The van der Waals surface area contributed by atoms with Crippen molar-refractivity contribution in [2.75, 3.05) is 46.8 Å². The van der Waals surface area contributed by atoms with Gasteiger partial charge < -0.3 is 33.2 Å². The minimum Gasteiger partial charge on any atom is -0.496 e. The van der Waals surface area contributed by atoms with E-state index in [0.717, 1.165) is 85.8 Å². The van der Waals surface area contributed by atoms with E-state index in [2.05, 4.69) is 64.6 Å². The minimum atomic E-state index is -0.399. The molecule has 0 radical (unpaired) electrons. The van der Waals surface area contributed by atoms with Crippen molar-refractivity contribution in [1.82, 2.24) is 0 Å². The third-order valence-corrected chi connectivity index (χ3v) is 8.58. The molecule has 0 N–H and O–H groups in total. The van der Waals surface area contributed by atoms with Crippen LogP contribution in [0.5, 0.6) is 5.75 Å². The Labute approximate surface area is 285 Å². The molecule has 3 rings (SSSR count). The van der Waals surface area contributed by atoms with Gasteiger partial charge in [-0.15, -0.1) is 6.58 Å². The van der Waals surface area contributed by atoms with Crippen molar-refractivity contribution in [3.05, 3.63) is 77.4 Å². The van der Waals surface area contributed by atoms with Crippen molar-refractivity contribution < 1.29 is 33.2 Å². The molecule has 1 heterocycles. The summed E-state index contributed by atoms with van der Waals surface area (Å²) in [5, 5.41) is 0. The molecule has 0 aliphatic carbocycles. The fourth-order valence-electron chi connectivity index (χ4n) is 5.88. The highest BCUT2D eigenvalue weighted by Crippen LogP contribution is 2.40. The van der Waals surface area contributed by atoms with Crippen LogP contribution in [0.3, 0.4) is 0 Å². The van der Waals surface area contributed by atoms with Crippen LogP contribution in [-0.2, 0) is 41.4 Å². The van der Waals surface area contributed by atoms with E-state index in [0.29, 0.717) is 46.2 Å². The zero-order valence-electron chi connectivity index (χ0n) is 29.9. The summed E-state index contributed by atoms with van der Waals surface area (Å²) in [4.78, 5) is 0. The van der Waals surface area contributed by atoms with Crippen molar-refractivity contribution in [3.8, 4) is 5.75 Å². The summed E-state index contributed by atoms with van der Waals surface area (Å²) in [6, 6.07) is 14.8. The lowest BCUT2D eigenvalue weighted by Crippen LogP contribution is -2.58. The highest BCUT2D eigenvalue weighted by atomic mass is 16.6. The zero-order valence-corrected chi connectivity index (χ0v) is 29.9. The van der Waals surface area contributed by atoms with Gasteiger partial charge in [0.25, 0.3) is 0 Å². The summed E-state index contributed by atoms with van der Waals surface area (Å²) >= 11 is 0. The molecule has 1 aliphatic heterocycles. The van der Waals surface area contributed by atoms with Crippen LogP contribution in [0.25, 0.3) is 0 Å². The lowest BCUT2D eigenvalue weighted by molar-refractivity contribution is -0.268. The summed E-state index contributed by atoms with van der Waals surface area (Å²) in [5.41, 5.74) is 4.41. The first-order valence-corrected chi connectivity index (χ1v) is 18.1. The second-order valence-electron chi connectivity index (χ2n) is 12.4. The molecule has 7 nitrogen and oxygen atoms in total. The number of hydrogen-bond acceptors (Lipinski definition) is 7. The van der Waals surface area contributed by atoms with E-state index in [4.69, 9.17) is 33.2 Å². The monoisotopic (exact) mass is 654 g/mol. The Kier molecular flexibility index (Phi) is 19.3. The average Bonchev–Trinajstić information content (AvgIpc) is 3.09. The predicted octanol–water partition coefficient (Wildman–Crippen LogP) is 8.80. The van der Waals surface area contributed by atoms with Crippen molar-refractivity contribution >= 4 is 0 Å². The van der Waals surface area contributed by atoms with Gasteiger partial charge in [0.15, 0.2) is 0 Å². The van der Waals surface area contributed by atoms with Crippen LogP contribution in [0.15, 0.2) is 55.1 Å². The molecule has 5 atom stereocenters. The maximum atomic E-state index is 7.12. The number of para-hydroxylation sites is 1. The lowest BCUT2D eigenvalue weighted by Gasteiger charge is -2.47. The number of rotatable bonds is 25. The van der Waals surface area contributed by atoms with Crippen LogP contribution >= 0.6 is 0 Å². The Hall–Kier alpha value is -2.26. The molecular weight excluding hydrogens is 592 g/mol. The van der Waals surface area contributed by atoms with E-state index >= 15 is 0 Å². The van der Waals surface area contributed by atoms with Crippen molar-refractivity contribution in [3.63, 3.8) is 0 Å². The van der Waals surface area contributed by atoms with Gasteiger partial charge in [0.1, 0.15) is 36.3 Å². The summed E-state index contributed by atoms with van der Waals surface area (Å²) in [6.07, 6.45) is 8.94. The molecule has 0 saturated carbocycles. The first-order valence-electron chi connectivity index (χ1n) is 18.1. The van der Waals surface area contributed by atoms with Crippen molar-refractivity contribution in [2.45, 2.75) is 123 Å². The van der Waals surface area contributed by atoms with Gasteiger partial charge in [-0.05, 0) is 54.0 Å². The van der Waals surface area contributed by atoms with Gasteiger partial charge in [0, 0.05) is 32.8 Å². The SMILES string of the molecule is C=CCOCc1ccc(Cc2ccccc2OC)cc1[C@@H]1O[C@H](COCCCC)[C@@H](OCCCC)[C@H](OCCCC)[C@H]1OCCCC. The predicted molar refractivity (Wildman–Crippen MR) is 189 cm³/mol. The van der Waals surface area contributed by atoms with E-state index in [1.165, 1.54) is 0 Å². The molecule has 2 aromatic carbocycles. The molecule has 0 spiro atoms. The largest absolute Gasteiger partial charge is 0.496 e. The molecule has 7 heteroatoms. The van der Waals surface area contributed by atoms with E-state index in [1.54, 1.807) is 13.2 Å². The Morgan fingerprint density at radius 2 is 1.36 bits per heavy atom. The van der Waals surface area contributed by atoms with Gasteiger partial charge in [0.2, 0.25) is 0 Å². The smallest absolute Gasteiger partial charge is 0.122 e. The van der Waals surface area contributed by atoms with Gasteiger partial charge >= 0.3 is 0 Å². The van der Waals surface area contributed by atoms with Gasteiger partial charge in [-0.25, -0.2) is 0 Å². The molecule has 0 bridgehead atoms. The molecule has 0 aromatic heterocycles. The third kappa shape index (κ3) is 12.6. The fraction of sp³-hybridized carbons (Fsp3) is 0.650. The van der Waals surface area contributed by atoms with Gasteiger partial charge in [0.05, 0.1) is 26.9 Å². The number of hydrogen-bond donors (Lipinski definition) is 0. The van der Waals surface area contributed by atoms with E-state index in [-0.39, 0.29) is 24.4 Å². The summed E-state index contributed by atoms with van der Waals surface area (Å²) in [6.45, 7) is 16.5. The van der Waals surface area contributed by atoms with Gasteiger partial charge in [-0.1, -0.05) is 95.9 Å². The Balaban J connectivity index is 2.10. The van der Waals surface area contributed by atoms with Crippen molar-refractivity contribution in [1.29, 1.82) is 0 Å². The number of methoxy groups -OCH3 is 1. The van der Waals surface area contributed by atoms with Gasteiger partial charge in [-0.2, -0.15) is 0 Å². The fourth-order valence-corrected chi connectivity index (χ4v) is 5.88. The highest BCUT2D eigenvalue weighted by molar-refractivity contribution is 5.41. The molecule has 1 saturated heterocycles. The summed E-state index contributed by atoms with van der Waals surface area (Å²) in [7, 11) is 1.72. The van der Waals surface area contributed by atoms with E-state index < -0.39 is 6.10 Å². The molecule has 47 heavy (non-hydrogen) atoms. The van der Waals surface area contributed by atoms with Crippen LogP contribution in [0.2, 0.25) is 0 Å².